The maximum absolute atomic E-state index is 13.9. The molecule has 0 amide bonds. The third-order valence-corrected chi connectivity index (χ3v) is 3.36. The molecule has 2 rings (SSSR count). The van der Waals surface area contributed by atoms with Crippen LogP contribution in [-0.4, -0.2) is 13.7 Å². The number of benzene rings is 1. The van der Waals surface area contributed by atoms with E-state index in [2.05, 4.69) is 5.32 Å². The molecule has 1 aromatic carbocycles. The average Bonchev–Trinajstić information content (AvgIpc) is 2.72. The molecule has 1 fully saturated rings. The second-order valence-electron chi connectivity index (χ2n) is 4.73. The molecule has 1 N–H and O–H groups in total. The molecule has 0 bridgehead atoms. The first kappa shape index (κ1) is 12.5. The van der Waals surface area contributed by atoms with E-state index in [1.165, 1.54) is 13.2 Å². The van der Waals surface area contributed by atoms with Crippen LogP contribution in [0.3, 0.4) is 0 Å². The molecule has 0 radical (unpaired) electrons. The Morgan fingerprint density at radius 1 is 1.41 bits per heavy atom. The minimum absolute atomic E-state index is 0.292. The van der Waals surface area contributed by atoms with Gasteiger partial charge in [-0.1, -0.05) is 0 Å². The van der Waals surface area contributed by atoms with E-state index in [1.807, 2.05) is 6.92 Å². The molecule has 1 unspecified atom stereocenters. The van der Waals surface area contributed by atoms with Crippen LogP contribution < -0.4 is 5.32 Å². The van der Waals surface area contributed by atoms with Crippen molar-refractivity contribution in [2.75, 3.05) is 13.7 Å². The maximum atomic E-state index is 13.9. The summed E-state index contributed by atoms with van der Waals surface area (Å²) < 4.78 is 32.4. The zero-order valence-corrected chi connectivity index (χ0v) is 10.1. The predicted octanol–water partition coefficient (Wildman–Crippen LogP) is 2.71. The van der Waals surface area contributed by atoms with Crippen molar-refractivity contribution < 1.29 is 13.5 Å². The van der Waals surface area contributed by atoms with Gasteiger partial charge in [0.25, 0.3) is 0 Å². The highest BCUT2D eigenvalue weighted by Crippen LogP contribution is 2.33. The Labute approximate surface area is 100.0 Å². The van der Waals surface area contributed by atoms with Crippen molar-refractivity contribution in [3.63, 3.8) is 0 Å². The summed E-state index contributed by atoms with van der Waals surface area (Å²) in [6, 6.07) is 2.89. The van der Waals surface area contributed by atoms with E-state index in [0.29, 0.717) is 17.7 Å². The summed E-state index contributed by atoms with van der Waals surface area (Å²) >= 11 is 0. The number of hydrogen-bond acceptors (Lipinski definition) is 2. The summed E-state index contributed by atoms with van der Waals surface area (Å²) in [5.41, 5.74) is 0.604. The summed E-state index contributed by atoms with van der Waals surface area (Å²) in [7, 11) is 1.54. The van der Waals surface area contributed by atoms with Crippen LogP contribution in [0.5, 0.6) is 0 Å². The number of rotatable bonds is 3. The lowest BCUT2D eigenvalue weighted by Gasteiger charge is -2.26. The SMILES string of the molecule is COCc1cc(F)c(F)c(C2(C)CCCN2)c1. The van der Waals surface area contributed by atoms with Gasteiger partial charge in [-0.3, -0.25) is 0 Å². The highest BCUT2D eigenvalue weighted by Gasteiger charge is 2.33. The largest absolute Gasteiger partial charge is 0.380 e. The molecule has 0 spiro atoms. The molecular weight excluding hydrogens is 224 g/mol. The topological polar surface area (TPSA) is 21.3 Å². The fraction of sp³-hybridized carbons (Fsp3) is 0.538. The molecule has 94 valence electrons. The Bertz CT molecular complexity index is 414. The van der Waals surface area contributed by atoms with Crippen LogP contribution in [0, 0.1) is 11.6 Å². The van der Waals surface area contributed by atoms with Gasteiger partial charge in [-0.15, -0.1) is 0 Å². The minimum Gasteiger partial charge on any atom is -0.380 e. The van der Waals surface area contributed by atoms with Crippen LogP contribution in [0.1, 0.15) is 30.9 Å². The van der Waals surface area contributed by atoms with Crippen LogP contribution in [0.4, 0.5) is 8.78 Å². The predicted molar refractivity (Wildman–Crippen MR) is 61.7 cm³/mol. The van der Waals surface area contributed by atoms with Gasteiger partial charge in [0.05, 0.1) is 6.61 Å². The highest BCUT2D eigenvalue weighted by molar-refractivity contribution is 5.32. The first-order valence-electron chi connectivity index (χ1n) is 5.79. The van der Waals surface area contributed by atoms with Crippen LogP contribution in [-0.2, 0) is 16.9 Å². The Hall–Kier alpha value is -1.00. The van der Waals surface area contributed by atoms with E-state index >= 15 is 0 Å². The van der Waals surface area contributed by atoms with Crippen molar-refractivity contribution in [1.82, 2.24) is 5.32 Å². The Morgan fingerprint density at radius 2 is 2.18 bits per heavy atom. The van der Waals surface area contributed by atoms with E-state index in [0.717, 1.165) is 19.4 Å². The molecule has 4 heteroatoms. The second-order valence-corrected chi connectivity index (χ2v) is 4.73. The lowest BCUT2D eigenvalue weighted by atomic mass is 9.89. The van der Waals surface area contributed by atoms with Gasteiger partial charge < -0.3 is 10.1 Å². The van der Waals surface area contributed by atoms with Gasteiger partial charge >= 0.3 is 0 Å². The van der Waals surface area contributed by atoms with Gasteiger partial charge in [-0.25, -0.2) is 8.78 Å². The van der Waals surface area contributed by atoms with E-state index in [4.69, 9.17) is 4.74 Å². The molecule has 1 aliphatic heterocycles. The molecule has 0 saturated carbocycles. The molecule has 1 heterocycles. The third kappa shape index (κ3) is 2.33. The minimum atomic E-state index is -0.801. The third-order valence-electron chi connectivity index (χ3n) is 3.36. The molecular formula is C13H17F2NO. The average molecular weight is 241 g/mol. The molecule has 2 nitrogen and oxygen atoms in total. The first-order valence-corrected chi connectivity index (χ1v) is 5.79. The molecule has 1 saturated heterocycles. The van der Waals surface area contributed by atoms with Crippen molar-refractivity contribution in [2.24, 2.45) is 0 Å². The van der Waals surface area contributed by atoms with Gasteiger partial charge in [-0.2, -0.15) is 0 Å². The molecule has 1 atom stereocenters. The Balaban J connectivity index is 2.44. The fourth-order valence-electron chi connectivity index (χ4n) is 2.42. The number of nitrogens with one attached hydrogen (secondary N) is 1. The van der Waals surface area contributed by atoms with Crippen LogP contribution in [0.25, 0.3) is 0 Å². The van der Waals surface area contributed by atoms with Gasteiger partial charge in [0.15, 0.2) is 11.6 Å². The zero-order chi connectivity index (χ0) is 12.5. The second kappa shape index (κ2) is 4.70. The fourth-order valence-corrected chi connectivity index (χ4v) is 2.42. The molecule has 0 aromatic heterocycles. The van der Waals surface area contributed by atoms with Gasteiger partial charge in [0, 0.05) is 18.2 Å². The lowest BCUT2D eigenvalue weighted by molar-refractivity contribution is 0.184. The summed E-state index contributed by atoms with van der Waals surface area (Å²) in [5.74, 6) is -1.55. The molecule has 0 aliphatic carbocycles. The van der Waals surface area contributed by atoms with Gasteiger partial charge in [0.2, 0.25) is 0 Å². The van der Waals surface area contributed by atoms with Crippen molar-refractivity contribution in [3.05, 3.63) is 34.9 Å². The van der Waals surface area contributed by atoms with E-state index in [9.17, 15) is 8.78 Å². The summed E-state index contributed by atoms with van der Waals surface area (Å²) in [5, 5.41) is 3.24. The lowest BCUT2D eigenvalue weighted by Crippen LogP contribution is -2.34. The monoisotopic (exact) mass is 241 g/mol. The Morgan fingerprint density at radius 3 is 2.76 bits per heavy atom. The standard InChI is InChI=1S/C13H17F2NO/c1-13(4-3-5-16-13)10-6-9(8-17-2)7-11(14)12(10)15/h6-7,16H,3-5,8H2,1-2H3. The molecule has 17 heavy (non-hydrogen) atoms. The van der Waals surface area contributed by atoms with Gasteiger partial charge in [0.1, 0.15) is 0 Å². The quantitative estimate of drug-likeness (QED) is 0.878. The number of methoxy groups -OCH3 is 1. The van der Waals surface area contributed by atoms with Crippen molar-refractivity contribution in [1.29, 1.82) is 0 Å². The summed E-state index contributed by atoms with van der Waals surface area (Å²) in [6.45, 7) is 3.04. The molecule has 1 aromatic rings. The normalized spacial score (nSPS) is 24.2. The maximum Gasteiger partial charge on any atom is 0.163 e. The smallest absolute Gasteiger partial charge is 0.163 e. The van der Waals surface area contributed by atoms with E-state index in [-0.39, 0.29) is 0 Å². The number of ether oxygens (including phenoxy) is 1. The summed E-state index contributed by atoms with van der Waals surface area (Å²) in [6.07, 6.45) is 1.80. The number of hydrogen-bond donors (Lipinski definition) is 1. The zero-order valence-electron chi connectivity index (χ0n) is 10.1. The van der Waals surface area contributed by atoms with Crippen molar-refractivity contribution in [3.8, 4) is 0 Å². The molecule has 1 aliphatic rings. The number of halogens is 2. The van der Waals surface area contributed by atoms with Crippen molar-refractivity contribution in [2.45, 2.75) is 31.9 Å². The van der Waals surface area contributed by atoms with Crippen LogP contribution >= 0.6 is 0 Å². The van der Waals surface area contributed by atoms with Crippen LogP contribution in [0.2, 0.25) is 0 Å². The first-order chi connectivity index (χ1) is 8.07. The Kier molecular flexibility index (Phi) is 3.45. The summed E-state index contributed by atoms with van der Waals surface area (Å²) in [4.78, 5) is 0. The highest BCUT2D eigenvalue weighted by atomic mass is 19.2. The van der Waals surface area contributed by atoms with E-state index in [1.54, 1.807) is 6.07 Å². The van der Waals surface area contributed by atoms with Crippen LogP contribution in [0.15, 0.2) is 12.1 Å². The van der Waals surface area contributed by atoms with Gasteiger partial charge in [-0.05, 0) is 44.0 Å². The van der Waals surface area contributed by atoms with Crippen molar-refractivity contribution >= 4 is 0 Å². The van der Waals surface area contributed by atoms with E-state index < -0.39 is 17.2 Å².